The third kappa shape index (κ3) is 2.72. The number of aromatic nitrogens is 2. The largest absolute Gasteiger partial charge is 0.509 e. The molecule has 0 amide bonds. The highest BCUT2D eigenvalue weighted by atomic mass is 16.5. The number of Topliss-reactive ketones (excluding diaryl/α,β-unsaturated/α-hetero) is 1. The number of nitrogens with zero attached hydrogens (tertiary/aromatic N) is 3. The van der Waals surface area contributed by atoms with Gasteiger partial charge in [-0.2, -0.15) is 0 Å². The van der Waals surface area contributed by atoms with Crippen molar-refractivity contribution in [2.45, 2.75) is 6.92 Å². The zero-order chi connectivity index (χ0) is 20.0. The second-order valence-electron chi connectivity index (χ2n) is 6.71. The summed E-state index contributed by atoms with van der Waals surface area (Å²) >= 11 is 0. The van der Waals surface area contributed by atoms with Crippen molar-refractivity contribution in [2.24, 2.45) is 7.05 Å². The van der Waals surface area contributed by atoms with E-state index >= 15 is 0 Å². The Hall–Kier alpha value is -3.61. The average Bonchev–Trinajstić information content (AvgIpc) is 3.17. The summed E-state index contributed by atoms with van der Waals surface area (Å²) in [6.07, 6.45) is 0. The van der Waals surface area contributed by atoms with E-state index < -0.39 is 0 Å². The zero-order valence-electron chi connectivity index (χ0n) is 15.9. The highest BCUT2D eigenvalue weighted by molar-refractivity contribution is 6.30. The number of carbonyl (C=O) groups excluding carboxylic acids is 1. The number of fused-ring (bicyclic) bond motifs is 1. The Labute approximate surface area is 162 Å². The topological polar surface area (TPSA) is 91.4 Å². The lowest BCUT2D eigenvalue weighted by atomic mass is 10.1. The summed E-state index contributed by atoms with van der Waals surface area (Å²) in [4.78, 5) is 18.0. The first-order chi connectivity index (χ1) is 13.4. The van der Waals surface area contributed by atoms with Gasteiger partial charge < -0.3 is 19.3 Å². The molecule has 0 spiro atoms. The minimum Gasteiger partial charge on any atom is -0.509 e. The molecule has 0 bridgehead atoms. The first kappa shape index (κ1) is 17.8. The van der Waals surface area contributed by atoms with Gasteiger partial charge in [0.25, 0.3) is 0 Å². The molecule has 1 aliphatic heterocycles. The van der Waals surface area contributed by atoms with Crippen molar-refractivity contribution in [3.8, 4) is 5.75 Å². The van der Waals surface area contributed by atoms with Crippen molar-refractivity contribution >= 4 is 33.9 Å². The number of anilines is 1. The van der Waals surface area contributed by atoms with Gasteiger partial charge in [0.15, 0.2) is 5.78 Å². The summed E-state index contributed by atoms with van der Waals surface area (Å²) in [5.74, 6) is 1.37. The monoisotopic (exact) mass is 376 g/mol. The van der Waals surface area contributed by atoms with Gasteiger partial charge in [-0.3, -0.25) is 10.2 Å². The van der Waals surface area contributed by atoms with E-state index in [-0.39, 0.29) is 23.9 Å². The molecular weight excluding hydrogens is 356 g/mol. The predicted octanol–water partition coefficient (Wildman–Crippen LogP) is 3.55. The van der Waals surface area contributed by atoms with Crippen molar-refractivity contribution in [2.75, 3.05) is 18.6 Å². The van der Waals surface area contributed by atoms with Crippen LogP contribution < -0.4 is 9.64 Å². The molecule has 1 aliphatic rings. The molecule has 0 saturated carbocycles. The molecule has 4 rings (SSSR count). The maximum atomic E-state index is 11.7. The van der Waals surface area contributed by atoms with Crippen LogP contribution in [0, 0.1) is 5.41 Å². The van der Waals surface area contributed by atoms with Crippen LogP contribution in [0.25, 0.3) is 16.6 Å². The number of rotatable bonds is 4. The van der Waals surface area contributed by atoms with Crippen molar-refractivity contribution in [3.05, 3.63) is 59.6 Å². The Morgan fingerprint density at radius 2 is 2.04 bits per heavy atom. The van der Waals surface area contributed by atoms with E-state index in [1.165, 1.54) is 6.92 Å². The van der Waals surface area contributed by atoms with Gasteiger partial charge in [-0.25, -0.2) is 4.98 Å². The van der Waals surface area contributed by atoms with Gasteiger partial charge in [-0.15, -0.1) is 0 Å². The van der Waals surface area contributed by atoms with Gasteiger partial charge in [-0.05, 0) is 31.2 Å². The molecule has 142 valence electrons. The third-order valence-corrected chi connectivity index (χ3v) is 4.98. The predicted molar refractivity (Wildman–Crippen MR) is 108 cm³/mol. The molecule has 2 N–H and O–H groups in total. The molecular formula is C21H20N4O3. The van der Waals surface area contributed by atoms with Crippen molar-refractivity contribution in [1.29, 1.82) is 5.41 Å². The van der Waals surface area contributed by atoms with E-state index in [2.05, 4.69) is 4.98 Å². The van der Waals surface area contributed by atoms with E-state index in [0.717, 1.165) is 11.0 Å². The fourth-order valence-corrected chi connectivity index (χ4v) is 3.46. The summed E-state index contributed by atoms with van der Waals surface area (Å²) in [7, 11) is 3.45. The smallest absolute Gasteiger partial charge is 0.159 e. The van der Waals surface area contributed by atoms with E-state index in [4.69, 9.17) is 10.1 Å². The molecule has 3 aromatic rings. The van der Waals surface area contributed by atoms with Gasteiger partial charge in [-0.1, -0.05) is 12.1 Å². The van der Waals surface area contributed by atoms with Crippen LogP contribution in [-0.2, 0) is 7.05 Å². The molecule has 7 heteroatoms. The van der Waals surface area contributed by atoms with Crippen molar-refractivity contribution in [1.82, 2.24) is 9.55 Å². The number of carbonyl (C=O) groups is 1. The first-order valence-corrected chi connectivity index (χ1v) is 8.81. The molecule has 2 heterocycles. The molecule has 0 saturated heterocycles. The number of hydrogen-bond acceptors (Lipinski definition) is 5. The molecule has 7 nitrogen and oxygen atoms in total. The highest BCUT2D eigenvalue weighted by Gasteiger charge is 2.32. The summed E-state index contributed by atoms with van der Waals surface area (Å²) < 4.78 is 7.11. The summed E-state index contributed by atoms with van der Waals surface area (Å²) in [5.41, 5.74) is 3.22. The molecule has 0 radical (unpaired) electrons. The van der Waals surface area contributed by atoms with Crippen LogP contribution in [0.15, 0.2) is 48.2 Å². The number of ether oxygens (including phenoxy) is 1. The Balaban J connectivity index is 1.75. The molecule has 0 unspecified atom stereocenters. The lowest BCUT2D eigenvalue weighted by Crippen LogP contribution is -2.26. The van der Waals surface area contributed by atoms with Gasteiger partial charge in [0.2, 0.25) is 0 Å². The van der Waals surface area contributed by atoms with Crippen LogP contribution >= 0.6 is 0 Å². The Morgan fingerprint density at radius 1 is 1.25 bits per heavy atom. The zero-order valence-corrected chi connectivity index (χ0v) is 15.9. The lowest BCUT2D eigenvalue weighted by molar-refractivity contribution is 0.101. The van der Waals surface area contributed by atoms with Crippen LogP contribution in [-0.4, -0.2) is 39.9 Å². The SMILES string of the molecule is COc1ccc2c(c1)nc(C1=C(O)CN(c3cccc(C(C)=O)c3)C1=N)n2C. The summed E-state index contributed by atoms with van der Waals surface area (Å²) in [6, 6.07) is 12.6. The van der Waals surface area contributed by atoms with Crippen LogP contribution in [0.2, 0.25) is 0 Å². The minimum absolute atomic E-state index is 0.0470. The lowest BCUT2D eigenvalue weighted by Gasteiger charge is -2.19. The highest BCUT2D eigenvalue weighted by Crippen LogP contribution is 2.33. The Bertz CT molecular complexity index is 1160. The van der Waals surface area contributed by atoms with Gasteiger partial charge >= 0.3 is 0 Å². The number of ketones is 1. The Morgan fingerprint density at radius 3 is 2.75 bits per heavy atom. The number of nitrogens with one attached hydrogen (secondary N) is 1. The normalized spacial score (nSPS) is 14.2. The number of benzene rings is 2. The van der Waals surface area contributed by atoms with E-state index in [0.29, 0.717) is 28.4 Å². The second-order valence-corrected chi connectivity index (χ2v) is 6.71. The molecule has 2 aromatic carbocycles. The minimum atomic E-state index is -0.0470. The van der Waals surface area contributed by atoms with Crippen LogP contribution in [0.3, 0.4) is 0 Å². The number of aliphatic hydroxyl groups excluding tert-OH is 1. The number of aryl methyl sites for hydroxylation is 1. The number of imidazole rings is 1. The van der Waals surface area contributed by atoms with E-state index in [1.807, 2.05) is 35.9 Å². The fraction of sp³-hybridized carbons (Fsp3) is 0.190. The van der Waals surface area contributed by atoms with E-state index in [9.17, 15) is 9.90 Å². The van der Waals surface area contributed by atoms with Gasteiger partial charge in [0, 0.05) is 24.4 Å². The van der Waals surface area contributed by atoms with Crippen molar-refractivity contribution < 1.29 is 14.6 Å². The van der Waals surface area contributed by atoms with Crippen molar-refractivity contribution in [3.63, 3.8) is 0 Å². The van der Waals surface area contributed by atoms with Crippen LogP contribution in [0.5, 0.6) is 5.75 Å². The molecule has 1 aromatic heterocycles. The quantitative estimate of drug-likeness (QED) is 0.680. The third-order valence-electron chi connectivity index (χ3n) is 4.98. The van der Waals surface area contributed by atoms with E-state index in [1.54, 1.807) is 30.2 Å². The number of amidine groups is 1. The Kier molecular flexibility index (Phi) is 4.15. The summed E-state index contributed by atoms with van der Waals surface area (Å²) in [5, 5.41) is 19.3. The molecule has 0 fully saturated rings. The maximum absolute atomic E-state index is 11.7. The summed E-state index contributed by atoms with van der Waals surface area (Å²) in [6.45, 7) is 1.66. The molecule has 0 atom stereocenters. The van der Waals surface area contributed by atoms with Gasteiger partial charge in [0.1, 0.15) is 23.2 Å². The first-order valence-electron chi connectivity index (χ1n) is 8.81. The standard InChI is InChI=1S/C21H20N4O3/c1-12(26)13-5-4-6-14(9-13)25-11-18(27)19(20(25)22)21-23-16-10-15(28-3)7-8-17(16)24(21)2/h4-10,22,27H,11H2,1-3H3. The average molecular weight is 376 g/mol. The van der Waals surface area contributed by atoms with Crippen LogP contribution in [0.1, 0.15) is 23.1 Å². The van der Waals surface area contributed by atoms with Crippen LogP contribution in [0.4, 0.5) is 5.69 Å². The molecule has 0 aliphatic carbocycles. The second kappa shape index (κ2) is 6.53. The fourth-order valence-electron chi connectivity index (χ4n) is 3.46. The molecule has 28 heavy (non-hydrogen) atoms. The van der Waals surface area contributed by atoms with Gasteiger partial charge in [0.05, 0.1) is 30.3 Å². The number of aliphatic hydroxyl groups is 1. The number of methoxy groups -OCH3 is 1. The maximum Gasteiger partial charge on any atom is 0.159 e. The number of hydrogen-bond donors (Lipinski definition) is 2.